The molecular formula is C13H25NO8. The van der Waals surface area contributed by atoms with Crippen molar-refractivity contribution >= 4 is 11.8 Å². The van der Waals surface area contributed by atoms with Crippen LogP contribution in [0.25, 0.3) is 0 Å². The summed E-state index contributed by atoms with van der Waals surface area (Å²) in [7, 11) is 2.91. The van der Waals surface area contributed by atoms with Crippen LogP contribution < -0.4 is 5.48 Å². The highest BCUT2D eigenvalue weighted by Gasteiger charge is 2.34. The third-order valence-electron chi connectivity index (χ3n) is 2.52. The Balaban J connectivity index is 4.10. The summed E-state index contributed by atoms with van der Waals surface area (Å²) in [5.74, 6) is -3.51. The smallest absolute Gasteiger partial charge is 0.367 e. The second-order valence-electron chi connectivity index (χ2n) is 4.38. The van der Waals surface area contributed by atoms with Gasteiger partial charge in [0.25, 0.3) is 5.79 Å². The Hall–Kier alpha value is -1.10. The molecule has 0 aliphatic heterocycles. The lowest BCUT2D eigenvalue weighted by molar-refractivity contribution is -0.241. The molecule has 0 saturated carbocycles. The second-order valence-corrected chi connectivity index (χ2v) is 4.38. The summed E-state index contributed by atoms with van der Waals surface area (Å²) in [4.78, 5) is 27.9. The van der Waals surface area contributed by atoms with Gasteiger partial charge in [0.05, 0.1) is 33.0 Å². The summed E-state index contributed by atoms with van der Waals surface area (Å²) in [6.07, 6.45) is -0.791. The molecule has 0 radical (unpaired) electrons. The Kier molecular flexibility index (Phi) is 10.9. The van der Waals surface area contributed by atoms with E-state index in [4.69, 9.17) is 19.0 Å². The first kappa shape index (κ1) is 20.9. The van der Waals surface area contributed by atoms with Crippen LogP contribution in [0.5, 0.6) is 0 Å². The van der Waals surface area contributed by atoms with Crippen molar-refractivity contribution in [2.45, 2.75) is 25.7 Å². The molecule has 0 fully saturated rings. The highest BCUT2D eigenvalue weighted by Crippen LogP contribution is 2.06. The molecule has 130 valence electrons. The molecule has 2 unspecified atom stereocenters. The number of hydroxylamine groups is 1. The molecule has 0 aromatic rings. The zero-order chi connectivity index (χ0) is 17.0. The van der Waals surface area contributed by atoms with Gasteiger partial charge in [0.2, 0.25) is 0 Å². The van der Waals surface area contributed by atoms with E-state index in [1.54, 1.807) is 14.0 Å². The summed E-state index contributed by atoms with van der Waals surface area (Å²) in [5.41, 5.74) is 2.22. The average Bonchev–Trinajstić information content (AvgIpc) is 2.47. The molecule has 0 heterocycles. The first-order valence-corrected chi connectivity index (χ1v) is 6.81. The van der Waals surface area contributed by atoms with Gasteiger partial charge in [-0.05, 0) is 6.92 Å². The van der Waals surface area contributed by atoms with Gasteiger partial charge in [0.1, 0.15) is 6.10 Å². The lowest BCUT2D eigenvalue weighted by Gasteiger charge is -2.21. The third-order valence-corrected chi connectivity index (χ3v) is 2.52. The normalized spacial score (nSPS) is 15.1. The molecule has 0 aliphatic carbocycles. The minimum atomic E-state index is -2.19. The Morgan fingerprint density at radius 1 is 1.27 bits per heavy atom. The Morgan fingerprint density at radius 3 is 2.50 bits per heavy atom. The molecule has 0 rings (SSSR count). The van der Waals surface area contributed by atoms with Gasteiger partial charge in [-0.15, -0.1) is 0 Å². The molecule has 0 amide bonds. The number of esters is 1. The summed E-state index contributed by atoms with van der Waals surface area (Å²) in [6.45, 7) is 3.33. The second kappa shape index (κ2) is 11.5. The number of methoxy groups -OCH3 is 2. The molecule has 9 heteroatoms. The monoisotopic (exact) mass is 323 g/mol. The highest BCUT2D eigenvalue weighted by molar-refractivity contribution is 5.85. The van der Waals surface area contributed by atoms with Gasteiger partial charge >= 0.3 is 5.97 Å². The van der Waals surface area contributed by atoms with E-state index >= 15 is 0 Å². The van der Waals surface area contributed by atoms with Crippen molar-refractivity contribution in [3.63, 3.8) is 0 Å². The molecule has 9 nitrogen and oxygen atoms in total. The van der Waals surface area contributed by atoms with E-state index in [9.17, 15) is 14.7 Å². The Bertz CT molecular complexity index is 334. The summed E-state index contributed by atoms with van der Waals surface area (Å²) in [5, 5.41) is 9.68. The molecule has 0 spiro atoms. The van der Waals surface area contributed by atoms with E-state index in [-0.39, 0.29) is 25.5 Å². The number of hydrogen-bond donors (Lipinski definition) is 2. The van der Waals surface area contributed by atoms with Crippen LogP contribution >= 0.6 is 0 Å². The minimum absolute atomic E-state index is 0.0641. The quantitative estimate of drug-likeness (QED) is 0.191. The highest BCUT2D eigenvalue weighted by atomic mass is 16.8. The van der Waals surface area contributed by atoms with Crippen LogP contribution in [0.4, 0.5) is 0 Å². The molecule has 0 aromatic heterocycles. The van der Waals surface area contributed by atoms with E-state index in [0.29, 0.717) is 13.2 Å². The van der Waals surface area contributed by atoms with Gasteiger partial charge in [-0.3, -0.25) is 9.63 Å². The average molecular weight is 323 g/mol. The first-order chi connectivity index (χ1) is 10.4. The number of ketones is 1. The van der Waals surface area contributed by atoms with Crippen LogP contribution in [0, 0.1) is 0 Å². The van der Waals surface area contributed by atoms with Crippen molar-refractivity contribution in [3.8, 4) is 0 Å². The van der Waals surface area contributed by atoms with Gasteiger partial charge in [-0.1, -0.05) is 0 Å². The van der Waals surface area contributed by atoms with Crippen molar-refractivity contribution in [2.24, 2.45) is 0 Å². The van der Waals surface area contributed by atoms with E-state index < -0.39 is 17.9 Å². The molecular weight excluding hydrogens is 298 g/mol. The third kappa shape index (κ3) is 8.37. The number of hydrogen-bond acceptors (Lipinski definition) is 9. The van der Waals surface area contributed by atoms with E-state index in [2.05, 4.69) is 10.2 Å². The number of ether oxygens (including phenoxy) is 4. The maximum atomic E-state index is 11.8. The SMILES string of the molecule is CCOC(=O)C(C)(O)ONCC(=O)C(COCCOC)OC. The maximum absolute atomic E-state index is 11.8. The summed E-state index contributed by atoms with van der Waals surface area (Å²) < 4.78 is 19.6. The van der Waals surface area contributed by atoms with Crippen molar-refractivity contribution in [2.75, 3.05) is 47.2 Å². The predicted octanol–water partition coefficient (Wildman–Crippen LogP) is -0.974. The lowest BCUT2D eigenvalue weighted by Crippen LogP contribution is -2.46. The molecule has 0 bridgehead atoms. The topological polar surface area (TPSA) is 113 Å². The van der Waals surface area contributed by atoms with Crippen LogP contribution in [0.15, 0.2) is 0 Å². The van der Waals surface area contributed by atoms with Crippen molar-refractivity contribution in [3.05, 3.63) is 0 Å². The number of nitrogens with one attached hydrogen (secondary N) is 1. The van der Waals surface area contributed by atoms with E-state index in [0.717, 1.165) is 6.92 Å². The van der Waals surface area contributed by atoms with Gasteiger partial charge in [0, 0.05) is 21.1 Å². The van der Waals surface area contributed by atoms with Crippen molar-refractivity contribution in [1.29, 1.82) is 0 Å². The number of aliphatic hydroxyl groups is 1. The van der Waals surface area contributed by atoms with Crippen LogP contribution in [-0.2, 0) is 33.4 Å². The van der Waals surface area contributed by atoms with Crippen LogP contribution in [0.3, 0.4) is 0 Å². The van der Waals surface area contributed by atoms with Gasteiger partial charge in [-0.25, -0.2) is 4.79 Å². The molecule has 0 aromatic carbocycles. The zero-order valence-corrected chi connectivity index (χ0v) is 13.4. The van der Waals surface area contributed by atoms with E-state index in [1.165, 1.54) is 7.11 Å². The lowest BCUT2D eigenvalue weighted by atomic mass is 10.2. The fraction of sp³-hybridized carbons (Fsp3) is 0.846. The predicted molar refractivity (Wildman–Crippen MR) is 74.8 cm³/mol. The Labute approximate surface area is 129 Å². The van der Waals surface area contributed by atoms with E-state index in [1.807, 2.05) is 0 Å². The van der Waals surface area contributed by atoms with Gasteiger partial charge in [0.15, 0.2) is 5.78 Å². The number of rotatable bonds is 13. The fourth-order valence-corrected chi connectivity index (χ4v) is 1.29. The fourth-order valence-electron chi connectivity index (χ4n) is 1.29. The standard InChI is InChI=1S/C13H25NO8/c1-5-21-12(16)13(2,17)22-14-8-10(15)11(19-4)9-20-7-6-18-3/h11,14,17H,5-9H2,1-4H3. The Morgan fingerprint density at radius 2 is 1.95 bits per heavy atom. The molecule has 2 N–H and O–H groups in total. The first-order valence-electron chi connectivity index (χ1n) is 6.81. The number of carbonyl (C=O) groups excluding carboxylic acids is 2. The van der Waals surface area contributed by atoms with Crippen LogP contribution in [0.2, 0.25) is 0 Å². The van der Waals surface area contributed by atoms with Crippen LogP contribution in [0.1, 0.15) is 13.8 Å². The molecule has 0 saturated heterocycles. The van der Waals surface area contributed by atoms with Crippen molar-refractivity contribution in [1.82, 2.24) is 5.48 Å². The molecule has 0 aliphatic rings. The largest absolute Gasteiger partial charge is 0.462 e. The van der Waals surface area contributed by atoms with Crippen molar-refractivity contribution < 1.29 is 38.5 Å². The number of Topliss-reactive ketones (excluding diaryl/α,β-unsaturated/α-hetero) is 1. The van der Waals surface area contributed by atoms with Crippen LogP contribution in [-0.4, -0.2) is 75.9 Å². The summed E-state index contributed by atoms with van der Waals surface area (Å²) >= 11 is 0. The summed E-state index contributed by atoms with van der Waals surface area (Å²) in [6, 6.07) is 0. The minimum Gasteiger partial charge on any atom is -0.462 e. The van der Waals surface area contributed by atoms with Gasteiger partial charge in [-0.2, -0.15) is 5.48 Å². The zero-order valence-electron chi connectivity index (χ0n) is 13.4. The molecule has 22 heavy (non-hydrogen) atoms. The van der Waals surface area contributed by atoms with Gasteiger partial charge < -0.3 is 24.1 Å². The molecule has 2 atom stereocenters. The number of carbonyl (C=O) groups is 2. The maximum Gasteiger partial charge on any atom is 0.367 e.